The summed E-state index contributed by atoms with van der Waals surface area (Å²) in [6.07, 6.45) is 6.45. The van der Waals surface area contributed by atoms with Gasteiger partial charge in [-0.3, -0.25) is 9.59 Å². The van der Waals surface area contributed by atoms with Crippen LogP contribution in [-0.4, -0.2) is 24.8 Å². The van der Waals surface area contributed by atoms with Gasteiger partial charge in [0.25, 0.3) is 0 Å². The second kappa shape index (κ2) is 9.85. The van der Waals surface area contributed by atoms with E-state index in [2.05, 4.69) is 26.7 Å². The number of allylic oxidation sites excluding steroid dienone is 3. The monoisotopic (exact) mass is 292 g/mol. The number of amides is 1. The van der Waals surface area contributed by atoms with Gasteiger partial charge in [-0.2, -0.15) is 0 Å². The predicted molar refractivity (Wildman–Crippen MR) is 87.3 cm³/mol. The number of carboxylic acid groups (broad SMARTS) is 1. The molecule has 0 rings (SSSR count). The highest BCUT2D eigenvalue weighted by atomic mass is 16.4. The van der Waals surface area contributed by atoms with E-state index in [9.17, 15) is 9.59 Å². The Morgan fingerprint density at radius 2 is 2.10 bits per heavy atom. The van der Waals surface area contributed by atoms with Crippen LogP contribution in [0.3, 0.4) is 0 Å². The quantitative estimate of drug-likeness (QED) is 0.442. The van der Waals surface area contributed by atoms with Gasteiger partial charge in [-0.25, -0.2) is 0 Å². The molecule has 6 heteroatoms. The molecule has 2 atom stereocenters. The van der Waals surface area contributed by atoms with E-state index in [1.807, 2.05) is 6.08 Å². The summed E-state index contributed by atoms with van der Waals surface area (Å²) in [5.74, 6) is -1.28. The van der Waals surface area contributed by atoms with Crippen LogP contribution in [-0.2, 0) is 9.59 Å². The van der Waals surface area contributed by atoms with Crippen molar-refractivity contribution < 1.29 is 14.7 Å². The molecule has 0 heterocycles. The summed E-state index contributed by atoms with van der Waals surface area (Å²) in [7, 11) is 2.05. The second-order valence-corrected chi connectivity index (χ2v) is 5.19. The molecular formula is C15H25BN2O3. The Kier molecular flexibility index (Phi) is 8.93. The van der Waals surface area contributed by atoms with Crippen LogP contribution in [0.2, 0.25) is 5.82 Å². The molecule has 0 aliphatic heterocycles. The number of carbonyl (C=O) groups excluding carboxylic acids is 1. The number of hydrogen-bond donors (Lipinski definition) is 3. The second-order valence-electron chi connectivity index (χ2n) is 5.19. The van der Waals surface area contributed by atoms with Crippen LogP contribution >= 0.6 is 0 Å². The summed E-state index contributed by atoms with van der Waals surface area (Å²) in [5.41, 5.74) is 6.77. The SMILES string of the molecule is BC(/C=C(\C=C)NC(=O)C/C(N)=C\CC(C)C(=O)O)CC. The topological polar surface area (TPSA) is 92.4 Å². The zero-order chi connectivity index (χ0) is 16.4. The van der Waals surface area contributed by atoms with Crippen LogP contribution in [0.15, 0.2) is 36.2 Å². The molecule has 116 valence electrons. The van der Waals surface area contributed by atoms with E-state index < -0.39 is 11.9 Å². The van der Waals surface area contributed by atoms with Crippen molar-refractivity contribution >= 4 is 19.7 Å². The van der Waals surface area contributed by atoms with E-state index in [1.165, 1.54) is 0 Å². The Morgan fingerprint density at radius 3 is 2.57 bits per heavy atom. The van der Waals surface area contributed by atoms with E-state index in [-0.39, 0.29) is 12.3 Å². The lowest BCUT2D eigenvalue weighted by molar-refractivity contribution is -0.141. The number of nitrogens with two attached hydrogens (primary N) is 1. The van der Waals surface area contributed by atoms with Gasteiger partial charge in [-0.05, 0) is 12.5 Å². The first-order valence-electron chi connectivity index (χ1n) is 7.11. The van der Waals surface area contributed by atoms with Gasteiger partial charge in [0.05, 0.1) is 12.3 Å². The molecule has 5 nitrogen and oxygen atoms in total. The minimum atomic E-state index is -0.881. The zero-order valence-corrected chi connectivity index (χ0v) is 13.1. The summed E-state index contributed by atoms with van der Waals surface area (Å²) >= 11 is 0. The summed E-state index contributed by atoms with van der Waals surface area (Å²) < 4.78 is 0. The van der Waals surface area contributed by atoms with Gasteiger partial charge in [0.15, 0.2) is 0 Å². The fourth-order valence-electron chi connectivity index (χ4n) is 1.48. The van der Waals surface area contributed by atoms with E-state index >= 15 is 0 Å². The molecule has 21 heavy (non-hydrogen) atoms. The van der Waals surface area contributed by atoms with Crippen molar-refractivity contribution in [3.8, 4) is 0 Å². The van der Waals surface area contributed by atoms with Gasteiger partial charge in [-0.1, -0.05) is 44.8 Å². The van der Waals surface area contributed by atoms with Crippen LogP contribution in [0.5, 0.6) is 0 Å². The smallest absolute Gasteiger partial charge is 0.306 e. The molecule has 4 N–H and O–H groups in total. The highest BCUT2D eigenvalue weighted by Gasteiger charge is 2.10. The fraction of sp³-hybridized carbons (Fsp3) is 0.467. The van der Waals surface area contributed by atoms with Gasteiger partial charge in [0.1, 0.15) is 7.85 Å². The minimum Gasteiger partial charge on any atom is -0.481 e. The maximum Gasteiger partial charge on any atom is 0.306 e. The number of hydrogen-bond acceptors (Lipinski definition) is 3. The molecule has 1 amide bonds. The first-order chi connectivity index (χ1) is 9.79. The summed E-state index contributed by atoms with van der Waals surface area (Å²) in [6.45, 7) is 7.32. The lowest BCUT2D eigenvalue weighted by Gasteiger charge is -2.09. The molecular weight excluding hydrogens is 267 g/mol. The van der Waals surface area contributed by atoms with Crippen molar-refractivity contribution in [3.05, 3.63) is 36.2 Å². The first-order valence-corrected chi connectivity index (χ1v) is 7.11. The average molecular weight is 292 g/mol. The number of aliphatic carboxylic acids is 1. The van der Waals surface area contributed by atoms with Crippen molar-refractivity contribution in [1.82, 2.24) is 5.32 Å². The van der Waals surface area contributed by atoms with Crippen LogP contribution in [0.4, 0.5) is 0 Å². The molecule has 0 aliphatic carbocycles. The number of nitrogens with one attached hydrogen (secondary N) is 1. The van der Waals surface area contributed by atoms with Crippen LogP contribution in [0.1, 0.15) is 33.1 Å². The third kappa shape index (κ3) is 8.73. The molecule has 0 fully saturated rings. The fourth-order valence-corrected chi connectivity index (χ4v) is 1.48. The Hall–Kier alpha value is -1.98. The Bertz CT molecular complexity index is 444. The van der Waals surface area contributed by atoms with E-state index in [1.54, 1.807) is 19.1 Å². The molecule has 0 radical (unpaired) electrons. The Morgan fingerprint density at radius 1 is 1.48 bits per heavy atom. The van der Waals surface area contributed by atoms with Gasteiger partial charge < -0.3 is 16.2 Å². The Labute approximate surface area is 127 Å². The largest absolute Gasteiger partial charge is 0.481 e. The minimum absolute atomic E-state index is 0.0397. The third-order valence-corrected chi connectivity index (χ3v) is 3.13. The lowest BCUT2D eigenvalue weighted by Crippen LogP contribution is -2.24. The summed E-state index contributed by atoms with van der Waals surface area (Å²) in [4.78, 5) is 22.5. The number of carboxylic acids is 1. The van der Waals surface area contributed by atoms with Crippen molar-refractivity contribution in [2.24, 2.45) is 11.7 Å². The number of rotatable bonds is 9. The Balaban J connectivity index is 4.47. The standard InChI is InChI=1S/C15H25BN2O3/c1-4-11(16)8-13(5-2)18-14(19)9-12(17)7-6-10(3)15(20)21/h5,7-8,10-11H,2,4,6,9,16-17H2,1,3H3,(H,18,19)(H,20,21)/b12-7+,13-8+. The average Bonchev–Trinajstić information content (AvgIpc) is 2.43. The van der Waals surface area contributed by atoms with Gasteiger partial charge >= 0.3 is 5.97 Å². The first kappa shape index (κ1) is 19.0. The van der Waals surface area contributed by atoms with Crippen molar-refractivity contribution in [3.63, 3.8) is 0 Å². The third-order valence-electron chi connectivity index (χ3n) is 3.13. The molecule has 0 aromatic carbocycles. The van der Waals surface area contributed by atoms with Crippen LogP contribution in [0, 0.1) is 5.92 Å². The van der Waals surface area contributed by atoms with Crippen molar-refractivity contribution in [2.75, 3.05) is 0 Å². The summed E-state index contributed by atoms with van der Waals surface area (Å²) in [5, 5.41) is 11.5. The van der Waals surface area contributed by atoms with Gasteiger partial charge in [0.2, 0.25) is 5.91 Å². The maximum absolute atomic E-state index is 11.8. The molecule has 0 aromatic heterocycles. The van der Waals surface area contributed by atoms with Crippen molar-refractivity contribution in [1.29, 1.82) is 0 Å². The summed E-state index contributed by atoms with van der Waals surface area (Å²) in [6, 6.07) is 0. The highest BCUT2D eigenvalue weighted by Crippen LogP contribution is 2.10. The maximum atomic E-state index is 11.8. The van der Waals surface area contributed by atoms with Crippen LogP contribution in [0.25, 0.3) is 0 Å². The van der Waals surface area contributed by atoms with Gasteiger partial charge in [-0.15, -0.1) is 0 Å². The predicted octanol–water partition coefficient (Wildman–Crippen LogP) is 1.35. The highest BCUT2D eigenvalue weighted by molar-refractivity contribution is 6.13. The zero-order valence-electron chi connectivity index (χ0n) is 13.1. The molecule has 0 saturated carbocycles. The molecule has 0 aliphatic rings. The van der Waals surface area contributed by atoms with Crippen LogP contribution < -0.4 is 11.1 Å². The number of carbonyl (C=O) groups is 2. The normalized spacial score (nSPS) is 15.1. The van der Waals surface area contributed by atoms with E-state index in [0.717, 1.165) is 6.42 Å². The van der Waals surface area contributed by atoms with E-state index in [0.29, 0.717) is 23.6 Å². The van der Waals surface area contributed by atoms with E-state index in [4.69, 9.17) is 10.8 Å². The van der Waals surface area contributed by atoms with Crippen molar-refractivity contribution in [2.45, 2.75) is 38.9 Å². The molecule has 0 aromatic rings. The van der Waals surface area contributed by atoms with Gasteiger partial charge in [0, 0.05) is 11.4 Å². The molecule has 0 bridgehead atoms. The molecule has 0 spiro atoms. The molecule has 0 saturated heterocycles. The lowest BCUT2D eigenvalue weighted by atomic mass is 9.84. The molecule has 2 unspecified atom stereocenters.